The highest BCUT2D eigenvalue weighted by Gasteiger charge is 2.29. The number of hydrogen-bond donors (Lipinski definition) is 0. The van der Waals surface area contributed by atoms with Gasteiger partial charge in [-0.2, -0.15) is 0 Å². The van der Waals surface area contributed by atoms with Gasteiger partial charge in [0.15, 0.2) is 0 Å². The Morgan fingerprint density at radius 1 is 0.397 bits per heavy atom. The van der Waals surface area contributed by atoms with Gasteiger partial charge >= 0.3 is 0 Å². The number of hydrogen-bond acceptors (Lipinski definition) is 1. The fraction of sp³-hybridized carbons (Fsp3) is 0.0364. The number of nitrogens with zero attached hydrogens (tertiary/aromatic N) is 3. The quantitative estimate of drug-likeness (QED) is 0.115. The fourth-order valence-corrected chi connectivity index (χ4v) is 9.12. The molecule has 58 heavy (non-hydrogen) atoms. The first-order chi connectivity index (χ1) is 28.7. The summed E-state index contributed by atoms with van der Waals surface area (Å²) in [4.78, 5) is 5.14. The molecular formula is C55H39N3. The van der Waals surface area contributed by atoms with Gasteiger partial charge in [0.1, 0.15) is 6.04 Å². The van der Waals surface area contributed by atoms with E-state index in [9.17, 15) is 0 Å². The van der Waals surface area contributed by atoms with Crippen LogP contribution in [0.25, 0.3) is 88.4 Å². The van der Waals surface area contributed by atoms with Gasteiger partial charge in [-0.05, 0) is 130 Å². The number of fused-ring (bicyclic) bond motifs is 9. The van der Waals surface area contributed by atoms with Crippen LogP contribution in [0.3, 0.4) is 0 Å². The van der Waals surface area contributed by atoms with E-state index in [1.54, 1.807) is 0 Å². The Bertz CT molecular complexity index is 3080. The van der Waals surface area contributed by atoms with Crippen molar-refractivity contribution in [3.8, 4) is 44.8 Å². The zero-order valence-corrected chi connectivity index (χ0v) is 32.1. The van der Waals surface area contributed by atoms with Crippen molar-refractivity contribution in [3.05, 3.63) is 217 Å². The average Bonchev–Trinajstić information content (AvgIpc) is 3.91. The molecule has 0 N–H and O–H groups in total. The zero-order valence-electron chi connectivity index (χ0n) is 32.1. The molecule has 11 rings (SSSR count). The predicted molar refractivity (Wildman–Crippen MR) is 246 cm³/mol. The first-order valence-corrected chi connectivity index (χ1v) is 20.0. The van der Waals surface area contributed by atoms with Crippen LogP contribution >= 0.6 is 0 Å². The van der Waals surface area contributed by atoms with Crippen LogP contribution in [0.2, 0.25) is 0 Å². The van der Waals surface area contributed by atoms with Crippen LogP contribution in [0.4, 0.5) is 0 Å². The minimum absolute atomic E-state index is 0.0824. The molecule has 274 valence electrons. The second-order valence-corrected chi connectivity index (χ2v) is 15.1. The van der Waals surface area contributed by atoms with Crippen LogP contribution in [0, 0.1) is 0 Å². The van der Waals surface area contributed by atoms with E-state index in [0.29, 0.717) is 0 Å². The first-order valence-electron chi connectivity index (χ1n) is 20.0. The van der Waals surface area contributed by atoms with Gasteiger partial charge in [0.25, 0.3) is 0 Å². The Morgan fingerprint density at radius 3 is 1.33 bits per heavy atom. The molecule has 0 saturated carbocycles. The highest BCUT2D eigenvalue weighted by molar-refractivity contribution is 6.11. The summed E-state index contributed by atoms with van der Waals surface area (Å²) < 4.78 is 4.75. The van der Waals surface area contributed by atoms with Crippen LogP contribution in [0.5, 0.6) is 0 Å². The van der Waals surface area contributed by atoms with Gasteiger partial charge in [-0.25, -0.2) is 0 Å². The molecule has 0 radical (unpaired) electrons. The largest absolute Gasteiger partial charge is 0.309 e. The molecule has 0 amide bonds. The first kappa shape index (κ1) is 33.8. The van der Waals surface area contributed by atoms with Crippen molar-refractivity contribution < 1.29 is 0 Å². The average molecular weight is 742 g/mol. The van der Waals surface area contributed by atoms with Gasteiger partial charge in [-0.15, -0.1) is 0 Å². The predicted octanol–water partition coefficient (Wildman–Crippen LogP) is 14.5. The lowest BCUT2D eigenvalue weighted by Crippen LogP contribution is -1.94. The van der Waals surface area contributed by atoms with E-state index < -0.39 is 0 Å². The Balaban J connectivity index is 1.05. The smallest absolute Gasteiger partial charge is 0.101 e. The monoisotopic (exact) mass is 741 g/mol. The molecule has 0 bridgehead atoms. The van der Waals surface area contributed by atoms with Crippen LogP contribution in [-0.2, 0) is 0 Å². The molecule has 1 aliphatic rings. The number of para-hydroxylation sites is 4. The second-order valence-electron chi connectivity index (χ2n) is 15.1. The number of rotatable bonds is 7. The van der Waals surface area contributed by atoms with E-state index in [0.717, 1.165) is 0 Å². The molecule has 0 unspecified atom stereocenters. The van der Waals surface area contributed by atoms with Gasteiger partial charge in [-0.1, -0.05) is 127 Å². The van der Waals surface area contributed by atoms with E-state index >= 15 is 0 Å². The Hall–Kier alpha value is -7.49. The van der Waals surface area contributed by atoms with Gasteiger partial charge < -0.3 is 9.13 Å². The van der Waals surface area contributed by atoms with Gasteiger partial charge in [0.05, 0.1) is 22.1 Å². The number of aromatic nitrogens is 2. The van der Waals surface area contributed by atoms with E-state index in [1.807, 2.05) is 37.4 Å². The fourth-order valence-electron chi connectivity index (χ4n) is 9.12. The lowest BCUT2D eigenvalue weighted by atomic mass is 9.95. The molecule has 0 atom stereocenters. The molecule has 0 saturated heterocycles. The van der Waals surface area contributed by atoms with Crippen LogP contribution in [0.1, 0.15) is 24.1 Å². The minimum Gasteiger partial charge on any atom is -0.309 e. The van der Waals surface area contributed by atoms with E-state index in [2.05, 4.69) is 191 Å². The summed E-state index contributed by atoms with van der Waals surface area (Å²) in [6.45, 7) is 2.03. The maximum atomic E-state index is 5.14. The Morgan fingerprint density at radius 2 is 0.828 bits per heavy atom. The lowest BCUT2D eigenvalue weighted by Gasteiger charge is -2.10. The topological polar surface area (TPSA) is 22.2 Å². The molecule has 2 heterocycles. The Labute approximate surface area is 337 Å². The molecular weight excluding hydrogens is 703 g/mol. The Kier molecular flexibility index (Phi) is 8.11. The molecule has 8 aromatic carbocycles. The van der Waals surface area contributed by atoms with Crippen molar-refractivity contribution in [1.29, 1.82) is 0 Å². The third kappa shape index (κ3) is 5.47. The van der Waals surface area contributed by atoms with Crippen molar-refractivity contribution in [2.75, 3.05) is 0 Å². The third-order valence-corrected chi connectivity index (χ3v) is 11.8. The minimum atomic E-state index is -0.0824. The highest BCUT2D eigenvalue weighted by atomic mass is 15.0. The molecule has 10 aromatic rings. The number of allylic oxidation sites excluding steroid dienone is 4. The standard InChI is InChI=1S/C55H39N3/c1-2-3-4-15-32-56-55-45-28-24-37(39-26-30-53-49(35-39)43-20-11-13-22-51(43)57(53)41-16-7-5-8-17-41)33-47(45)48-34-38(25-29-46(48)55)40-27-31-54-50(36-40)44-21-12-14-23-52(44)58(54)42-18-9-6-10-19-42/h2-36,55H,1H3/b3-2-,15-4-,56-32?. The van der Waals surface area contributed by atoms with Crippen molar-refractivity contribution in [2.24, 2.45) is 4.99 Å². The number of benzene rings is 8. The summed E-state index contributed by atoms with van der Waals surface area (Å²) in [7, 11) is 0. The zero-order chi connectivity index (χ0) is 38.6. The maximum Gasteiger partial charge on any atom is 0.101 e. The second kappa shape index (κ2) is 13.9. The van der Waals surface area contributed by atoms with E-state index in [4.69, 9.17) is 4.99 Å². The van der Waals surface area contributed by atoms with Gasteiger partial charge in [0, 0.05) is 39.1 Å². The molecule has 0 spiro atoms. The number of aliphatic imine (C=N–C) groups is 1. The van der Waals surface area contributed by atoms with Crippen LogP contribution in [0.15, 0.2) is 211 Å². The van der Waals surface area contributed by atoms with Crippen molar-refractivity contribution >= 4 is 49.8 Å². The SMILES string of the molecule is C/C=C\C=C/C=NC1c2ccc(-c3ccc4c(c3)c3ccccc3n4-c3ccccc3)cc2-c2cc(-c3ccc4c(c3)c3ccccc3n4-c3ccccc3)ccc21. The van der Waals surface area contributed by atoms with Crippen molar-refractivity contribution in [1.82, 2.24) is 9.13 Å². The van der Waals surface area contributed by atoms with Crippen LogP contribution < -0.4 is 0 Å². The summed E-state index contributed by atoms with van der Waals surface area (Å²) >= 11 is 0. The lowest BCUT2D eigenvalue weighted by molar-refractivity contribution is 0.909. The van der Waals surface area contributed by atoms with Gasteiger partial charge in [-0.3, -0.25) is 4.99 Å². The summed E-state index contributed by atoms with van der Waals surface area (Å²) in [6, 6.07) is 66.5. The van der Waals surface area contributed by atoms with Gasteiger partial charge in [0.2, 0.25) is 0 Å². The summed E-state index contributed by atoms with van der Waals surface area (Å²) in [5.41, 5.74) is 16.9. The van der Waals surface area contributed by atoms with Crippen molar-refractivity contribution in [3.63, 3.8) is 0 Å². The molecule has 0 fully saturated rings. The summed E-state index contributed by atoms with van der Waals surface area (Å²) in [5, 5.41) is 5.01. The molecule has 3 nitrogen and oxygen atoms in total. The molecule has 1 aliphatic carbocycles. The molecule has 2 aromatic heterocycles. The highest BCUT2D eigenvalue weighted by Crippen LogP contribution is 2.49. The summed E-state index contributed by atoms with van der Waals surface area (Å²) in [5.74, 6) is 0. The summed E-state index contributed by atoms with van der Waals surface area (Å²) in [6.07, 6.45) is 10.0. The van der Waals surface area contributed by atoms with E-state index in [1.165, 1.54) is 99.5 Å². The third-order valence-electron chi connectivity index (χ3n) is 11.8. The van der Waals surface area contributed by atoms with Crippen LogP contribution in [-0.4, -0.2) is 15.3 Å². The maximum absolute atomic E-state index is 5.14. The molecule has 0 aliphatic heterocycles. The van der Waals surface area contributed by atoms with E-state index in [-0.39, 0.29) is 6.04 Å². The molecule has 3 heteroatoms. The normalized spacial score (nSPS) is 13.0. The van der Waals surface area contributed by atoms with Crippen molar-refractivity contribution in [2.45, 2.75) is 13.0 Å².